The molecular formula is C19H21FN4O3. The molecule has 2 aromatic rings. The lowest BCUT2D eigenvalue weighted by molar-refractivity contribution is -0.135. The number of carbonyl (C=O) groups is 2. The molecule has 27 heavy (non-hydrogen) atoms. The minimum atomic E-state index is -1.10. The second-order valence-corrected chi connectivity index (χ2v) is 6.42. The number of benzene rings is 1. The number of pyridine rings is 1. The molecule has 1 aliphatic heterocycles. The first-order valence-corrected chi connectivity index (χ1v) is 8.74. The highest BCUT2D eigenvalue weighted by Crippen LogP contribution is 2.22. The number of rotatable bonds is 6. The lowest BCUT2D eigenvalue weighted by Gasteiger charge is -2.35. The van der Waals surface area contributed by atoms with Crippen molar-refractivity contribution < 1.29 is 19.1 Å². The summed E-state index contributed by atoms with van der Waals surface area (Å²) < 4.78 is 13.5. The molecule has 0 aliphatic carbocycles. The number of nitrogens with one attached hydrogen (secondary N) is 2. The van der Waals surface area contributed by atoms with Gasteiger partial charge in [-0.15, -0.1) is 0 Å². The summed E-state index contributed by atoms with van der Waals surface area (Å²) in [6.07, 6.45) is 3.39. The number of halogens is 1. The number of aromatic nitrogens is 1. The summed E-state index contributed by atoms with van der Waals surface area (Å²) in [5.41, 5.74) is 1.18. The standard InChI is InChI=1S/C19H21FN4O3/c20-14-3-1-5-16(10-14)24-8-2-4-15(12-24)23-17-9-13(6-7-21-17)19(27)22-11-18(25)26/h1,3,5-7,9-10,15H,2,4,8,11-12H2,(H,21,23)(H,22,27)(H,25,26)/t15-/m1/s1. The van der Waals surface area contributed by atoms with Gasteiger partial charge in [-0.3, -0.25) is 9.59 Å². The Balaban J connectivity index is 1.63. The van der Waals surface area contributed by atoms with Crippen LogP contribution in [0.15, 0.2) is 42.6 Å². The van der Waals surface area contributed by atoms with E-state index >= 15 is 0 Å². The number of hydrogen-bond acceptors (Lipinski definition) is 5. The summed E-state index contributed by atoms with van der Waals surface area (Å²) in [5.74, 6) is -1.28. The number of amides is 1. The van der Waals surface area contributed by atoms with Crippen LogP contribution in [0.1, 0.15) is 23.2 Å². The molecule has 0 unspecified atom stereocenters. The topological polar surface area (TPSA) is 94.6 Å². The van der Waals surface area contributed by atoms with E-state index in [2.05, 4.69) is 20.5 Å². The van der Waals surface area contributed by atoms with E-state index < -0.39 is 18.4 Å². The minimum absolute atomic E-state index is 0.104. The maximum atomic E-state index is 13.5. The van der Waals surface area contributed by atoms with Gasteiger partial charge in [0.25, 0.3) is 5.91 Å². The molecule has 0 bridgehead atoms. The molecule has 8 heteroatoms. The summed E-state index contributed by atoms with van der Waals surface area (Å²) in [6, 6.07) is 9.76. The molecule has 2 heterocycles. The van der Waals surface area contributed by atoms with Crippen LogP contribution in [-0.2, 0) is 4.79 Å². The molecule has 1 atom stereocenters. The lowest BCUT2D eigenvalue weighted by Crippen LogP contribution is -2.42. The van der Waals surface area contributed by atoms with E-state index in [-0.39, 0.29) is 11.9 Å². The summed E-state index contributed by atoms with van der Waals surface area (Å²) >= 11 is 0. The van der Waals surface area contributed by atoms with E-state index in [9.17, 15) is 14.0 Å². The molecule has 0 saturated carbocycles. The van der Waals surface area contributed by atoms with Crippen LogP contribution in [0.25, 0.3) is 0 Å². The van der Waals surface area contributed by atoms with Gasteiger partial charge in [0.2, 0.25) is 0 Å². The number of carbonyl (C=O) groups excluding carboxylic acids is 1. The summed E-state index contributed by atoms with van der Waals surface area (Å²) in [7, 11) is 0. The first-order chi connectivity index (χ1) is 13.0. The number of carboxylic acids is 1. The van der Waals surface area contributed by atoms with Crippen LogP contribution >= 0.6 is 0 Å². The van der Waals surface area contributed by atoms with Gasteiger partial charge in [-0.1, -0.05) is 6.07 Å². The molecule has 142 valence electrons. The number of anilines is 2. The van der Waals surface area contributed by atoms with Crippen molar-refractivity contribution in [2.75, 3.05) is 29.9 Å². The van der Waals surface area contributed by atoms with Crippen LogP contribution in [0.4, 0.5) is 15.9 Å². The third-order valence-corrected chi connectivity index (χ3v) is 4.37. The van der Waals surface area contributed by atoms with E-state index in [0.29, 0.717) is 17.9 Å². The molecule has 1 aromatic heterocycles. The van der Waals surface area contributed by atoms with Crippen LogP contribution in [-0.4, -0.2) is 47.6 Å². The smallest absolute Gasteiger partial charge is 0.322 e. The van der Waals surface area contributed by atoms with Crippen molar-refractivity contribution in [3.8, 4) is 0 Å². The minimum Gasteiger partial charge on any atom is -0.480 e. The van der Waals surface area contributed by atoms with Gasteiger partial charge in [-0.2, -0.15) is 0 Å². The first-order valence-electron chi connectivity index (χ1n) is 8.74. The molecule has 3 rings (SSSR count). The molecule has 1 aliphatic rings. The van der Waals surface area contributed by atoms with Crippen molar-refractivity contribution in [2.24, 2.45) is 0 Å². The van der Waals surface area contributed by atoms with Gasteiger partial charge < -0.3 is 20.6 Å². The third-order valence-electron chi connectivity index (χ3n) is 4.37. The normalized spacial score (nSPS) is 16.6. The zero-order valence-electron chi connectivity index (χ0n) is 14.7. The van der Waals surface area contributed by atoms with Crippen molar-refractivity contribution in [1.82, 2.24) is 10.3 Å². The second kappa shape index (κ2) is 8.48. The molecule has 0 radical (unpaired) electrons. The Morgan fingerprint density at radius 2 is 2.15 bits per heavy atom. The molecule has 7 nitrogen and oxygen atoms in total. The molecule has 0 spiro atoms. The first kappa shape index (κ1) is 18.6. The maximum Gasteiger partial charge on any atom is 0.322 e. The fraction of sp³-hybridized carbons (Fsp3) is 0.316. The van der Waals surface area contributed by atoms with Crippen LogP contribution in [0.3, 0.4) is 0 Å². The van der Waals surface area contributed by atoms with Crippen molar-refractivity contribution in [3.05, 3.63) is 54.0 Å². The second-order valence-electron chi connectivity index (χ2n) is 6.42. The average molecular weight is 372 g/mol. The molecule has 1 fully saturated rings. The average Bonchev–Trinajstić information content (AvgIpc) is 2.66. The Labute approximate surface area is 156 Å². The van der Waals surface area contributed by atoms with Gasteiger partial charge in [-0.25, -0.2) is 9.37 Å². The molecule has 1 amide bonds. The molecular weight excluding hydrogens is 351 g/mol. The zero-order chi connectivity index (χ0) is 19.2. The van der Waals surface area contributed by atoms with Gasteiger partial charge in [0.05, 0.1) is 0 Å². The fourth-order valence-corrected chi connectivity index (χ4v) is 3.12. The van der Waals surface area contributed by atoms with Gasteiger partial charge >= 0.3 is 5.97 Å². The van der Waals surface area contributed by atoms with E-state index in [1.165, 1.54) is 24.4 Å². The van der Waals surface area contributed by atoms with E-state index in [0.717, 1.165) is 25.1 Å². The SMILES string of the molecule is O=C(O)CNC(=O)c1ccnc(N[C@@H]2CCCN(c3cccc(F)c3)C2)c1. The number of carboxylic acid groups (broad SMARTS) is 1. The quantitative estimate of drug-likeness (QED) is 0.719. The highest BCUT2D eigenvalue weighted by atomic mass is 19.1. The highest BCUT2D eigenvalue weighted by molar-refractivity contribution is 5.96. The largest absolute Gasteiger partial charge is 0.480 e. The van der Waals surface area contributed by atoms with Gasteiger partial charge in [0.1, 0.15) is 18.2 Å². The predicted octanol–water partition coefficient (Wildman–Crippen LogP) is 2.12. The van der Waals surface area contributed by atoms with Gasteiger partial charge in [0, 0.05) is 36.6 Å². The Kier molecular flexibility index (Phi) is 5.85. The van der Waals surface area contributed by atoms with Crippen LogP contribution in [0, 0.1) is 5.82 Å². The Bertz CT molecular complexity index is 830. The summed E-state index contributed by atoms with van der Waals surface area (Å²) in [6.45, 7) is 1.11. The monoisotopic (exact) mass is 372 g/mol. The molecule has 3 N–H and O–H groups in total. The predicted molar refractivity (Wildman–Crippen MR) is 99.5 cm³/mol. The number of hydrogen-bond donors (Lipinski definition) is 3. The number of piperidine rings is 1. The molecule has 1 aromatic carbocycles. The maximum absolute atomic E-state index is 13.5. The summed E-state index contributed by atoms with van der Waals surface area (Å²) in [5, 5.41) is 14.3. The van der Waals surface area contributed by atoms with Crippen LogP contribution < -0.4 is 15.5 Å². The van der Waals surface area contributed by atoms with Crippen LogP contribution in [0.5, 0.6) is 0 Å². The van der Waals surface area contributed by atoms with E-state index in [4.69, 9.17) is 5.11 Å². The van der Waals surface area contributed by atoms with Gasteiger partial charge in [0.15, 0.2) is 0 Å². The van der Waals surface area contributed by atoms with Crippen LogP contribution in [0.2, 0.25) is 0 Å². The van der Waals surface area contributed by atoms with Crippen molar-refractivity contribution in [3.63, 3.8) is 0 Å². The van der Waals surface area contributed by atoms with E-state index in [1.54, 1.807) is 12.1 Å². The Hall–Kier alpha value is -3.16. The zero-order valence-corrected chi connectivity index (χ0v) is 14.7. The lowest BCUT2D eigenvalue weighted by atomic mass is 10.0. The highest BCUT2D eigenvalue weighted by Gasteiger charge is 2.21. The van der Waals surface area contributed by atoms with Crippen molar-refractivity contribution in [1.29, 1.82) is 0 Å². The van der Waals surface area contributed by atoms with Crippen molar-refractivity contribution in [2.45, 2.75) is 18.9 Å². The number of nitrogens with zero attached hydrogens (tertiary/aromatic N) is 2. The van der Waals surface area contributed by atoms with Gasteiger partial charge in [-0.05, 0) is 43.2 Å². The fourth-order valence-electron chi connectivity index (χ4n) is 3.12. The number of aliphatic carboxylic acids is 1. The Morgan fingerprint density at radius 1 is 1.30 bits per heavy atom. The van der Waals surface area contributed by atoms with Crippen molar-refractivity contribution >= 4 is 23.4 Å². The third kappa shape index (κ3) is 5.16. The Morgan fingerprint density at radius 3 is 2.93 bits per heavy atom. The van der Waals surface area contributed by atoms with E-state index in [1.807, 2.05) is 6.07 Å². The molecule has 1 saturated heterocycles. The summed E-state index contributed by atoms with van der Waals surface area (Å²) in [4.78, 5) is 28.9.